The second kappa shape index (κ2) is 4.62. The van der Waals surface area contributed by atoms with Gasteiger partial charge < -0.3 is 10.5 Å². The normalized spacial score (nSPS) is 17.7. The Bertz CT molecular complexity index is 433. The van der Waals surface area contributed by atoms with Crippen molar-refractivity contribution in [3.8, 4) is 5.75 Å². The number of methoxy groups -OCH3 is 1. The summed E-state index contributed by atoms with van der Waals surface area (Å²) < 4.78 is 6.75. The molecule has 2 N–H and O–H groups in total. The van der Waals surface area contributed by atoms with Crippen LogP contribution in [0.25, 0.3) is 0 Å². The highest BCUT2D eigenvalue weighted by Crippen LogP contribution is 2.49. The molecule has 0 aliphatic heterocycles. The Morgan fingerprint density at radius 3 is 2.47 bits per heavy atom. The smallest absolute Gasteiger partial charge is 0.126 e. The molecule has 0 aromatic heterocycles. The van der Waals surface area contributed by atoms with Gasteiger partial charge in [-0.2, -0.15) is 0 Å². The molecule has 0 amide bonds. The van der Waals surface area contributed by atoms with Crippen molar-refractivity contribution in [3.63, 3.8) is 0 Å². The molecule has 1 saturated carbocycles. The molecule has 0 bridgehead atoms. The maximum atomic E-state index is 6.01. The Morgan fingerprint density at radius 2 is 2.06 bits per heavy atom. The van der Waals surface area contributed by atoms with Crippen LogP contribution in [0.3, 0.4) is 0 Å². The first-order valence-electron chi connectivity index (χ1n) is 6.10. The Morgan fingerprint density at radius 1 is 1.41 bits per heavy atom. The lowest BCUT2D eigenvalue weighted by atomic mass is 9.63. The second-order valence-electron chi connectivity index (χ2n) is 5.05. The molecule has 0 saturated heterocycles. The summed E-state index contributed by atoms with van der Waals surface area (Å²) >= 11 is 3.59. The molecule has 0 spiro atoms. The fourth-order valence-corrected chi connectivity index (χ4v) is 3.44. The largest absolute Gasteiger partial charge is 0.496 e. The van der Waals surface area contributed by atoms with E-state index in [1.807, 2.05) is 0 Å². The van der Waals surface area contributed by atoms with Gasteiger partial charge in [0.15, 0.2) is 0 Å². The third-order valence-corrected chi connectivity index (χ3v) is 4.92. The van der Waals surface area contributed by atoms with Gasteiger partial charge in [0.05, 0.1) is 7.11 Å². The van der Waals surface area contributed by atoms with E-state index in [9.17, 15) is 0 Å². The van der Waals surface area contributed by atoms with Crippen LogP contribution < -0.4 is 10.5 Å². The molecule has 0 unspecified atom stereocenters. The van der Waals surface area contributed by atoms with Crippen molar-refractivity contribution >= 4 is 15.9 Å². The predicted octanol–water partition coefficient (Wildman–Crippen LogP) is 3.45. The quantitative estimate of drug-likeness (QED) is 0.927. The Hall–Kier alpha value is -0.540. The standard InChI is InChI=1S/C14H20BrNO/c1-9-7-11(15)10(2)13(17-3)12(9)14(8-16)5-4-6-14/h7H,4-6,8,16H2,1-3H3. The number of hydrogen-bond acceptors (Lipinski definition) is 2. The van der Waals surface area contributed by atoms with Gasteiger partial charge in [0.2, 0.25) is 0 Å². The molecule has 0 radical (unpaired) electrons. The van der Waals surface area contributed by atoms with Gasteiger partial charge in [0.1, 0.15) is 5.75 Å². The van der Waals surface area contributed by atoms with E-state index >= 15 is 0 Å². The zero-order valence-electron chi connectivity index (χ0n) is 10.8. The van der Waals surface area contributed by atoms with Crippen molar-refractivity contribution in [2.75, 3.05) is 13.7 Å². The highest BCUT2D eigenvalue weighted by atomic mass is 79.9. The lowest BCUT2D eigenvalue weighted by Crippen LogP contribution is -2.42. The molecule has 3 heteroatoms. The molecule has 1 aromatic rings. The number of hydrogen-bond donors (Lipinski definition) is 1. The minimum atomic E-state index is 0.154. The summed E-state index contributed by atoms with van der Waals surface area (Å²) in [5, 5.41) is 0. The molecule has 1 aliphatic carbocycles. The number of benzene rings is 1. The summed E-state index contributed by atoms with van der Waals surface area (Å²) in [5.74, 6) is 1.02. The zero-order chi connectivity index (χ0) is 12.6. The summed E-state index contributed by atoms with van der Waals surface area (Å²) in [5.41, 5.74) is 9.95. The van der Waals surface area contributed by atoms with Crippen molar-refractivity contribution in [1.29, 1.82) is 0 Å². The van der Waals surface area contributed by atoms with E-state index in [1.54, 1.807) is 7.11 Å². The number of halogens is 1. The van der Waals surface area contributed by atoms with Crippen LogP contribution in [0, 0.1) is 13.8 Å². The van der Waals surface area contributed by atoms with Crippen LogP contribution in [-0.4, -0.2) is 13.7 Å². The van der Waals surface area contributed by atoms with Gasteiger partial charge in [-0.25, -0.2) is 0 Å². The maximum absolute atomic E-state index is 6.01. The Balaban J connectivity index is 2.63. The minimum Gasteiger partial charge on any atom is -0.496 e. The Kier molecular flexibility index (Phi) is 3.50. The van der Waals surface area contributed by atoms with Gasteiger partial charge in [-0.05, 0) is 38.3 Å². The number of nitrogens with two attached hydrogens (primary N) is 1. The van der Waals surface area contributed by atoms with Crippen LogP contribution in [-0.2, 0) is 5.41 Å². The lowest BCUT2D eigenvalue weighted by Gasteiger charge is -2.43. The molecular weight excluding hydrogens is 278 g/mol. The fourth-order valence-electron chi connectivity index (χ4n) is 2.92. The van der Waals surface area contributed by atoms with Crippen LogP contribution in [0.2, 0.25) is 0 Å². The minimum absolute atomic E-state index is 0.154. The van der Waals surface area contributed by atoms with Gasteiger partial charge in [0, 0.05) is 27.6 Å². The van der Waals surface area contributed by atoms with Crippen molar-refractivity contribution < 1.29 is 4.74 Å². The van der Waals surface area contributed by atoms with E-state index in [2.05, 4.69) is 35.8 Å². The molecule has 0 atom stereocenters. The van der Waals surface area contributed by atoms with Gasteiger partial charge in [0.25, 0.3) is 0 Å². The maximum Gasteiger partial charge on any atom is 0.126 e. The average molecular weight is 298 g/mol. The predicted molar refractivity (Wildman–Crippen MR) is 74.8 cm³/mol. The highest BCUT2D eigenvalue weighted by Gasteiger charge is 2.41. The molecule has 1 aromatic carbocycles. The van der Waals surface area contributed by atoms with Crippen LogP contribution in [0.1, 0.15) is 36.0 Å². The van der Waals surface area contributed by atoms with Crippen molar-refractivity contribution in [1.82, 2.24) is 0 Å². The van der Waals surface area contributed by atoms with Crippen molar-refractivity contribution in [2.45, 2.75) is 38.5 Å². The van der Waals surface area contributed by atoms with E-state index in [-0.39, 0.29) is 5.41 Å². The monoisotopic (exact) mass is 297 g/mol. The highest BCUT2D eigenvalue weighted by molar-refractivity contribution is 9.10. The van der Waals surface area contributed by atoms with Gasteiger partial charge in [-0.3, -0.25) is 0 Å². The van der Waals surface area contributed by atoms with Crippen molar-refractivity contribution in [2.24, 2.45) is 5.73 Å². The van der Waals surface area contributed by atoms with E-state index in [4.69, 9.17) is 10.5 Å². The van der Waals surface area contributed by atoms with Crippen LogP contribution in [0.5, 0.6) is 5.75 Å². The molecular formula is C14H20BrNO. The molecule has 1 aliphatic rings. The van der Waals surface area contributed by atoms with Crippen LogP contribution in [0.15, 0.2) is 10.5 Å². The number of aryl methyl sites for hydroxylation is 1. The molecule has 94 valence electrons. The average Bonchev–Trinajstić information content (AvgIpc) is 2.24. The van der Waals surface area contributed by atoms with E-state index in [0.717, 1.165) is 10.2 Å². The third-order valence-electron chi connectivity index (χ3n) is 4.10. The summed E-state index contributed by atoms with van der Waals surface area (Å²) in [6.07, 6.45) is 3.64. The molecule has 1 fully saturated rings. The van der Waals surface area contributed by atoms with Crippen LogP contribution >= 0.6 is 15.9 Å². The first kappa shape index (κ1) is 12.9. The molecule has 17 heavy (non-hydrogen) atoms. The second-order valence-corrected chi connectivity index (χ2v) is 5.90. The molecule has 0 heterocycles. The third kappa shape index (κ3) is 1.89. The van der Waals surface area contributed by atoms with E-state index in [1.165, 1.54) is 36.0 Å². The lowest BCUT2D eigenvalue weighted by molar-refractivity contribution is 0.242. The zero-order valence-corrected chi connectivity index (χ0v) is 12.4. The van der Waals surface area contributed by atoms with Crippen LogP contribution in [0.4, 0.5) is 0 Å². The first-order chi connectivity index (χ1) is 8.05. The SMILES string of the molecule is COc1c(C)c(Br)cc(C)c1C1(CN)CCC1. The molecule has 2 nitrogen and oxygen atoms in total. The summed E-state index contributed by atoms with van der Waals surface area (Å²) in [4.78, 5) is 0. The van der Waals surface area contributed by atoms with Gasteiger partial charge in [-0.1, -0.05) is 22.4 Å². The van der Waals surface area contributed by atoms with Gasteiger partial charge >= 0.3 is 0 Å². The summed E-state index contributed by atoms with van der Waals surface area (Å²) in [6.45, 7) is 4.96. The first-order valence-corrected chi connectivity index (χ1v) is 6.89. The van der Waals surface area contributed by atoms with E-state index in [0.29, 0.717) is 6.54 Å². The summed E-state index contributed by atoms with van der Waals surface area (Å²) in [6, 6.07) is 2.18. The Labute approximate surface area is 112 Å². The number of rotatable bonds is 3. The molecule has 2 rings (SSSR count). The van der Waals surface area contributed by atoms with Crippen molar-refractivity contribution in [3.05, 3.63) is 27.2 Å². The van der Waals surface area contributed by atoms with E-state index < -0.39 is 0 Å². The topological polar surface area (TPSA) is 35.2 Å². The summed E-state index contributed by atoms with van der Waals surface area (Å²) in [7, 11) is 1.75. The number of ether oxygens (including phenoxy) is 1. The fraction of sp³-hybridized carbons (Fsp3) is 0.571. The van der Waals surface area contributed by atoms with Gasteiger partial charge in [-0.15, -0.1) is 0 Å².